The van der Waals surface area contributed by atoms with Gasteiger partial charge in [0.15, 0.2) is 5.69 Å². The van der Waals surface area contributed by atoms with Crippen molar-refractivity contribution < 1.29 is 28.5 Å². The number of nitrogens with one attached hydrogen (secondary N) is 2. The van der Waals surface area contributed by atoms with Gasteiger partial charge in [-0.15, -0.1) is 0 Å². The molecule has 0 spiro atoms. The molecule has 0 aliphatic rings. The average Bonchev–Trinajstić information content (AvgIpc) is 3.38. The Kier molecular flexibility index (Phi) is 10.8. The van der Waals surface area contributed by atoms with Gasteiger partial charge in [-0.25, -0.2) is 4.79 Å². The van der Waals surface area contributed by atoms with Crippen LogP contribution in [-0.4, -0.2) is 70.8 Å². The van der Waals surface area contributed by atoms with Crippen molar-refractivity contribution in [3.05, 3.63) is 40.9 Å². The normalized spacial score (nSPS) is 11.6. The maximum Gasteiger partial charge on any atom is 0.410 e. The number of benzene rings is 1. The maximum absolute atomic E-state index is 13.1. The van der Waals surface area contributed by atoms with Gasteiger partial charge in [0.05, 0.1) is 14.2 Å². The minimum Gasteiger partial charge on any atom is -0.479 e. The van der Waals surface area contributed by atoms with Gasteiger partial charge in [0, 0.05) is 30.1 Å². The highest BCUT2D eigenvalue weighted by molar-refractivity contribution is 7.11. The molecule has 43 heavy (non-hydrogen) atoms. The lowest BCUT2D eigenvalue weighted by molar-refractivity contribution is 0.0200. The van der Waals surface area contributed by atoms with E-state index in [9.17, 15) is 9.59 Å². The van der Waals surface area contributed by atoms with E-state index in [1.54, 1.807) is 10.3 Å². The van der Waals surface area contributed by atoms with Crippen LogP contribution in [0.5, 0.6) is 22.7 Å². The maximum atomic E-state index is 13.1. The van der Waals surface area contributed by atoms with Crippen LogP contribution in [0, 0.1) is 0 Å². The van der Waals surface area contributed by atoms with Crippen molar-refractivity contribution in [2.24, 2.45) is 0 Å². The Morgan fingerprint density at radius 3 is 2.16 bits per heavy atom. The van der Waals surface area contributed by atoms with Crippen molar-refractivity contribution in [2.45, 2.75) is 72.4 Å². The summed E-state index contributed by atoms with van der Waals surface area (Å²) in [5.74, 6) is 0.531. The second kappa shape index (κ2) is 13.9. The Morgan fingerprint density at radius 2 is 1.60 bits per heavy atom. The molecule has 2 amide bonds. The van der Waals surface area contributed by atoms with Crippen LogP contribution in [0.4, 0.5) is 16.4 Å². The summed E-state index contributed by atoms with van der Waals surface area (Å²) in [6.07, 6.45) is -0.410. The Bertz CT molecular complexity index is 1390. The van der Waals surface area contributed by atoms with Crippen LogP contribution in [-0.2, 0) is 10.2 Å². The Balaban J connectivity index is 1.72. The Labute approximate surface area is 257 Å². The van der Waals surface area contributed by atoms with Crippen LogP contribution in [0.15, 0.2) is 29.6 Å². The number of thiazole rings is 1. The second-order valence-corrected chi connectivity index (χ2v) is 12.8. The standard InChI is InChI=1S/C30H42N6O6S/c1-18(2)36(28(38)42-30(6,7)8)16-15-31-26-34-24(39-9)22(25(35-26)40-10)33-23(37)20-17-43-27(32-20)41-21-14-12-11-13-19(21)29(3,4)5/h11-14,17-18H,15-16H2,1-10H3,(H,33,37)(H,31,34,35). The molecule has 0 aliphatic carbocycles. The fourth-order valence-corrected chi connectivity index (χ4v) is 4.59. The van der Waals surface area contributed by atoms with Gasteiger partial charge in [-0.1, -0.05) is 50.3 Å². The van der Waals surface area contributed by atoms with Crippen LogP contribution in [0.2, 0.25) is 0 Å². The van der Waals surface area contributed by atoms with Gasteiger partial charge in [-0.05, 0) is 46.1 Å². The number of carbonyl (C=O) groups is 2. The van der Waals surface area contributed by atoms with E-state index in [0.29, 0.717) is 24.0 Å². The van der Waals surface area contributed by atoms with Crippen molar-refractivity contribution >= 4 is 35.0 Å². The van der Waals surface area contributed by atoms with Gasteiger partial charge in [0.25, 0.3) is 11.1 Å². The van der Waals surface area contributed by atoms with Gasteiger partial charge in [0.1, 0.15) is 17.0 Å². The third-order valence-electron chi connectivity index (χ3n) is 5.96. The smallest absolute Gasteiger partial charge is 0.410 e. The minimum atomic E-state index is -0.605. The number of hydrogen-bond donors (Lipinski definition) is 2. The fourth-order valence-electron chi connectivity index (χ4n) is 3.93. The molecule has 0 aliphatic heterocycles. The topological polar surface area (TPSA) is 137 Å². The molecule has 0 fully saturated rings. The predicted molar refractivity (Wildman–Crippen MR) is 167 cm³/mol. The van der Waals surface area contributed by atoms with Crippen LogP contribution >= 0.6 is 11.3 Å². The van der Waals surface area contributed by atoms with Crippen LogP contribution in [0.1, 0.15) is 71.4 Å². The number of rotatable bonds is 11. The summed E-state index contributed by atoms with van der Waals surface area (Å²) < 4.78 is 22.4. The summed E-state index contributed by atoms with van der Waals surface area (Å²) >= 11 is 1.21. The molecule has 0 saturated heterocycles. The molecule has 0 atom stereocenters. The molecule has 2 heterocycles. The number of ether oxygens (including phenoxy) is 4. The van der Waals surface area contributed by atoms with Gasteiger partial charge in [0.2, 0.25) is 17.7 Å². The van der Waals surface area contributed by atoms with E-state index in [-0.39, 0.29) is 40.5 Å². The van der Waals surface area contributed by atoms with Crippen LogP contribution in [0.3, 0.4) is 0 Å². The molecule has 3 aromatic rings. The molecule has 0 unspecified atom stereocenters. The van der Waals surface area contributed by atoms with E-state index in [0.717, 1.165) is 5.56 Å². The van der Waals surface area contributed by atoms with Crippen LogP contribution in [0.25, 0.3) is 0 Å². The number of aromatic nitrogens is 3. The lowest BCUT2D eigenvalue weighted by Crippen LogP contribution is -2.43. The zero-order chi connectivity index (χ0) is 31.9. The minimum absolute atomic E-state index is 0.0795. The van der Waals surface area contributed by atoms with Crippen molar-refractivity contribution in [3.63, 3.8) is 0 Å². The van der Waals surface area contributed by atoms with Crippen molar-refractivity contribution in [1.82, 2.24) is 19.9 Å². The summed E-state index contributed by atoms with van der Waals surface area (Å²) in [5, 5.41) is 7.75. The molecule has 0 saturated carbocycles. The lowest BCUT2D eigenvalue weighted by atomic mass is 9.86. The van der Waals surface area contributed by atoms with E-state index in [1.165, 1.54) is 25.6 Å². The highest BCUT2D eigenvalue weighted by atomic mass is 32.1. The number of anilines is 2. The number of methoxy groups -OCH3 is 2. The fraction of sp³-hybridized carbons (Fsp3) is 0.500. The van der Waals surface area contributed by atoms with Gasteiger partial charge < -0.3 is 34.5 Å². The van der Waals surface area contributed by atoms with E-state index >= 15 is 0 Å². The molecule has 13 heteroatoms. The largest absolute Gasteiger partial charge is 0.479 e. The number of hydrogen-bond acceptors (Lipinski definition) is 11. The molecule has 1 aromatic carbocycles. The molecule has 2 aromatic heterocycles. The van der Waals surface area contributed by atoms with E-state index in [4.69, 9.17) is 18.9 Å². The zero-order valence-corrected chi connectivity index (χ0v) is 27.3. The third kappa shape index (κ3) is 9.18. The SMILES string of the molecule is COc1nc(NCCN(C(=O)OC(C)(C)C)C(C)C)nc(OC)c1NC(=O)c1csc(Oc2ccccc2C(C)(C)C)n1. The molecular formula is C30H42N6O6S. The van der Waals surface area contributed by atoms with Crippen molar-refractivity contribution in [3.8, 4) is 22.7 Å². The Morgan fingerprint density at radius 1 is 0.977 bits per heavy atom. The summed E-state index contributed by atoms with van der Waals surface area (Å²) in [7, 11) is 2.84. The Hall–Kier alpha value is -4.13. The summed E-state index contributed by atoms with van der Waals surface area (Å²) in [5.41, 5.74) is 0.584. The zero-order valence-electron chi connectivity index (χ0n) is 26.5. The first-order valence-electron chi connectivity index (χ1n) is 13.9. The number of para-hydroxylation sites is 1. The van der Waals surface area contributed by atoms with E-state index < -0.39 is 17.6 Å². The van der Waals surface area contributed by atoms with Crippen molar-refractivity contribution in [1.29, 1.82) is 0 Å². The van der Waals surface area contributed by atoms with Gasteiger partial charge in [-0.2, -0.15) is 15.0 Å². The molecule has 234 valence electrons. The molecule has 12 nitrogen and oxygen atoms in total. The first-order valence-corrected chi connectivity index (χ1v) is 14.8. The van der Waals surface area contributed by atoms with Crippen molar-refractivity contribution in [2.75, 3.05) is 37.9 Å². The lowest BCUT2D eigenvalue weighted by Gasteiger charge is -2.30. The van der Waals surface area contributed by atoms with Gasteiger partial charge >= 0.3 is 6.09 Å². The quantitative estimate of drug-likeness (QED) is 0.251. The molecule has 0 bridgehead atoms. The number of carbonyl (C=O) groups excluding carboxylic acids is 2. The summed E-state index contributed by atoms with van der Waals surface area (Å²) in [6, 6.07) is 7.66. The molecule has 0 radical (unpaired) electrons. The first kappa shape index (κ1) is 33.4. The monoisotopic (exact) mass is 614 g/mol. The second-order valence-electron chi connectivity index (χ2n) is 11.9. The third-order valence-corrected chi connectivity index (χ3v) is 6.68. The van der Waals surface area contributed by atoms with E-state index in [1.807, 2.05) is 58.9 Å². The average molecular weight is 615 g/mol. The molecule has 3 rings (SSSR count). The first-order chi connectivity index (χ1) is 20.1. The highest BCUT2D eigenvalue weighted by Gasteiger charge is 2.25. The summed E-state index contributed by atoms with van der Waals surface area (Å²) in [4.78, 5) is 40.5. The number of nitrogens with zero attached hydrogens (tertiary/aromatic N) is 4. The predicted octanol–water partition coefficient (Wildman–Crippen LogP) is 6.35. The highest BCUT2D eigenvalue weighted by Crippen LogP contribution is 2.36. The van der Waals surface area contributed by atoms with Gasteiger partial charge in [-0.3, -0.25) is 4.79 Å². The molecule has 2 N–H and O–H groups in total. The molecular weight excluding hydrogens is 572 g/mol. The van der Waals surface area contributed by atoms with Crippen LogP contribution < -0.4 is 24.8 Å². The summed E-state index contributed by atoms with van der Waals surface area (Å²) in [6.45, 7) is 16.3. The number of amides is 2. The van der Waals surface area contributed by atoms with E-state index in [2.05, 4.69) is 46.4 Å².